The van der Waals surface area contributed by atoms with Crippen LogP contribution in [-0.4, -0.2) is 170 Å². The van der Waals surface area contributed by atoms with Gasteiger partial charge in [-0.15, -0.1) is 0 Å². The molecule has 0 aromatic heterocycles. The van der Waals surface area contributed by atoms with E-state index in [1.165, 1.54) is 62.5 Å². The Bertz CT molecular complexity index is 2410. The third kappa shape index (κ3) is 16.5. The number of benzene rings is 2. The summed E-state index contributed by atoms with van der Waals surface area (Å²) in [6.45, 7) is 8.74. The monoisotopic (exact) mass is 1080 g/mol. The second-order valence-electron chi connectivity index (χ2n) is 20.7. The molecule has 1 unspecified atom stereocenters. The van der Waals surface area contributed by atoms with Crippen LogP contribution < -0.4 is 27.0 Å². The van der Waals surface area contributed by atoms with Crippen LogP contribution in [0.2, 0.25) is 0 Å². The van der Waals surface area contributed by atoms with E-state index in [0.29, 0.717) is 11.1 Å². The predicted molar refractivity (Wildman–Crippen MR) is 262 cm³/mol. The smallest absolute Gasteiger partial charge is 0.410 e. The number of nitrogens with one attached hydrogen (secondary N) is 4. The van der Waals surface area contributed by atoms with Gasteiger partial charge < -0.3 is 85.5 Å². The number of nitrogens with two attached hydrogens (primary N) is 1. The molecule has 420 valence electrons. The maximum absolute atomic E-state index is 13.9. The van der Waals surface area contributed by atoms with E-state index in [2.05, 4.69) is 21.3 Å². The van der Waals surface area contributed by atoms with Crippen molar-refractivity contribution in [3.63, 3.8) is 0 Å². The van der Waals surface area contributed by atoms with E-state index in [1.807, 2.05) is 0 Å². The van der Waals surface area contributed by atoms with Crippen LogP contribution in [0.15, 0.2) is 60.4 Å². The number of nitro benzene ring substituents is 2. The molecule has 5 amide bonds. The molecule has 2 aliphatic heterocycles. The summed E-state index contributed by atoms with van der Waals surface area (Å²) in [6.07, 6.45) is -13.6. The molecule has 0 spiro atoms. The van der Waals surface area contributed by atoms with Crippen LogP contribution in [0.1, 0.15) is 72.4 Å². The molecule has 76 heavy (non-hydrogen) atoms. The van der Waals surface area contributed by atoms with Crippen LogP contribution in [-0.2, 0) is 51.2 Å². The Morgan fingerprint density at radius 1 is 0.816 bits per heavy atom. The number of likely N-dealkylation sites (N-methyl/N-ethyl adjacent to an activating group) is 1. The van der Waals surface area contributed by atoms with Crippen molar-refractivity contribution in [1.82, 2.24) is 26.2 Å². The first-order chi connectivity index (χ1) is 35.5. The van der Waals surface area contributed by atoms with E-state index >= 15 is 0 Å². The SMILES string of the molecule is CN(C(=O)OC(C)(C)C)[C@@H]1[C@@H](O)[C@@H](O[C@@H]2[C@@H](O)[C@H](C3OC(CN)=CC[C@H]3NC(=O)OCc3ccc([N+](=O)[O-])cc3)[C@@H](NC(=O)OCc3ccc([N+](=O)[O-])cc3)C[C@H]2NC(=O)[C@@H](O)CNC(=O)OC(C)(C)C)OC[C@]1(C)O. The number of ether oxygens (including phenoxy) is 7. The number of carbonyl (C=O) groups is 5. The summed E-state index contributed by atoms with van der Waals surface area (Å²) >= 11 is 0. The van der Waals surface area contributed by atoms with Crippen LogP contribution >= 0.6 is 0 Å². The number of nitro groups is 2. The topological polar surface area (TPSA) is 395 Å². The van der Waals surface area contributed by atoms with Crippen molar-refractivity contribution in [3.8, 4) is 0 Å². The average Bonchev–Trinajstić information content (AvgIpc) is 3.33. The van der Waals surface area contributed by atoms with Gasteiger partial charge in [0, 0.05) is 43.3 Å². The number of hydrogen-bond donors (Lipinski definition) is 9. The van der Waals surface area contributed by atoms with E-state index in [0.717, 1.165) is 4.90 Å². The van der Waals surface area contributed by atoms with Crippen molar-refractivity contribution in [3.05, 3.63) is 91.7 Å². The first-order valence-electron chi connectivity index (χ1n) is 24.1. The van der Waals surface area contributed by atoms with Crippen molar-refractivity contribution in [2.24, 2.45) is 11.7 Å². The highest BCUT2D eigenvalue weighted by Crippen LogP contribution is 2.39. The second-order valence-corrected chi connectivity index (χ2v) is 20.7. The van der Waals surface area contributed by atoms with Crippen LogP contribution in [0.5, 0.6) is 0 Å². The number of aliphatic hydroxyl groups excluding tert-OH is 3. The van der Waals surface area contributed by atoms with Crippen molar-refractivity contribution in [2.45, 2.75) is 152 Å². The van der Waals surface area contributed by atoms with Gasteiger partial charge in [0.05, 0.1) is 53.8 Å². The van der Waals surface area contributed by atoms with E-state index < -0.39 is 150 Å². The summed E-state index contributed by atoms with van der Waals surface area (Å²) in [5.41, 5.74) is 2.50. The zero-order valence-electron chi connectivity index (χ0n) is 43.2. The Morgan fingerprint density at radius 2 is 1.34 bits per heavy atom. The summed E-state index contributed by atoms with van der Waals surface area (Å²) in [5, 5.41) is 80.0. The Labute approximate surface area is 436 Å². The van der Waals surface area contributed by atoms with Crippen molar-refractivity contribution < 1.29 is 87.4 Å². The van der Waals surface area contributed by atoms with Gasteiger partial charge in [0.15, 0.2) is 6.29 Å². The Balaban J connectivity index is 1.53. The minimum absolute atomic E-state index is 0.00883. The molecule has 28 nitrogen and oxygen atoms in total. The van der Waals surface area contributed by atoms with Gasteiger partial charge in [-0.05, 0) is 103 Å². The van der Waals surface area contributed by atoms with Crippen molar-refractivity contribution >= 4 is 41.7 Å². The molecule has 0 radical (unpaired) electrons. The van der Waals surface area contributed by atoms with E-state index in [4.69, 9.17) is 38.9 Å². The quantitative estimate of drug-likeness (QED) is 0.0620. The number of non-ortho nitro benzene ring substituents is 2. The molecule has 2 fully saturated rings. The fourth-order valence-corrected chi connectivity index (χ4v) is 8.77. The summed E-state index contributed by atoms with van der Waals surface area (Å²) in [6, 6.07) is 4.95. The molecule has 28 heteroatoms. The van der Waals surface area contributed by atoms with Gasteiger partial charge in [-0.1, -0.05) is 0 Å². The predicted octanol–water partition coefficient (Wildman–Crippen LogP) is 1.86. The Kier molecular flexibility index (Phi) is 19.9. The second kappa shape index (κ2) is 25.3. The lowest BCUT2D eigenvalue weighted by Gasteiger charge is -2.52. The minimum atomic E-state index is -1.97. The number of nitrogens with zero attached hydrogens (tertiary/aromatic N) is 3. The number of hydrogen-bond acceptors (Lipinski definition) is 21. The summed E-state index contributed by atoms with van der Waals surface area (Å²) in [5.74, 6) is -2.36. The van der Waals surface area contributed by atoms with E-state index in [-0.39, 0.29) is 36.7 Å². The van der Waals surface area contributed by atoms with Crippen LogP contribution in [0.25, 0.3) is 0 Å². The fraction of sp³-hybridized carbons (Fsp3) is 0.604. The largest absolute Gasteiger partial charge is 0.491 e. The third-order valence-electron chi connectivity index (χ3n) is 12.2. The molecule has 2 aromatic carbocycles. The number of amides is 5. The standard InChI is InChI=1S/C48H68N8O20/c1-46(2,3)75-42(61)50-21-33(57)40(60)51-32-19-31(53-44(63)71-23-26-11-15-28(16-12-26)56(68)69)34(35(58)38(32)74-41-36(59)39(48(7,65)24-72-41)54(8)45(64)76-47(4,5)6)37-30(18-17-29(20-49)73-37)52-43(62)70-22-25-9-13-27(14-10-25)55(66)67/h9-17,30-39,41,57-59,65H,18-24,49H2,1-8H3,(H,50,61)(H,51,60)(H,52,62)(H,53,63)/t30-,31+,32-,33+,34-,35+,36-,37?,38+,39-,41-,48+/m1/s1. The summed E-state index contributed by atoms with van der Waals surface area (Å²) in [7, 11) is 1.27. The van der Waals surface area contributed by atoms with E-state index in [9.17, 15) is 64.6 Å². The van der Waals surface area contributed by atoms with Gasteiger partial charge in [-0.2, -0.15) is 0 Å². The van der Waals surface area contributed by atoms with Crippen molar-refractivity contribution in [1.29, 1.82) is 0 Å². The van der Waals surface area contributed by atoms with Gasteiger partial charge >= 0.3 is 24.4 Å². The Morgan fingerprint density at radius 3 is 1.84 bits per heavy atom. The zero-order valence-corrected chi connectivity index (χ0v) is 43.2. The molecular weight excluding hydrogens is 1010 g/mol. The van der Waals surface area contributed by atoms with E-state index in [1.54, 1.807) is 47.6 Å². The fourth-order valence-electron chi connectivity index (χ4n) is 8.77. The van der Waals surface area contributed by atoms with Gasteiger partial charge in [-0.3, -0.25) is 25.0 Å². The number of aliphatic hydroxyl groups is 4. The van der Waals surface area contributed by atoms with Gasteiger partial charge in [0.1, 0.15) is 60.2 Å². The molecule has 1 aliphatic carbocycles. The highest BCUT2D eigenvalue weighted by atomic mass is 16.7. The molecule has 1 saturated heterocycles. The number of carbonyl (C=O) groups excluding carboxylic acids is 5. The summed E-state index contributed by atoms with van der Waals surface area (Å²) in [4.78, 5) is 89.2. The molecule has 2 heterocycles. The Hall–Kier alpha value is -6.95. The number of alkyl carbamates (subject to hydrolysis) is 3. The molecule has 10 N–H and O–H groups in total. The maximum atomic E-state index is 13.9. The van der Waals surface area contributed by atoms with Crippen molar-refractivity contribution in [2.75, 3.05) is 26.7 Å². The van der Waals surface area contributed by atoms with Crippen LogP contribution in [0.4, 0.5) is 30.6 Å². The third-order valence-corrected chi connectivity index (χ3v) is 12.2. The minimum Gasteiger partial charge on any atom is -0.491 e. The molecular formula is C48H68N8O20. The highest BCUT2D eigenvalue weighted by molar-refractivity contribution is 5.82. The van der Waals surface area contributed by atoms with Gasteiger partial charge in [0.25, 0.3) is 17.3 Å². The molecule has 12 atom stereocenters. The lowest BCUT2D eigenvalue weighted by Crippen LogP contribution is -2.71. The number of rotatable bonds is 17. The summed E-state index contributed by atoms with van der Waals surface area (Å²) < 4.78 is 40.3. The molecule has 2 aromatic rings. The highest BCUT2D eigenvalue weighted by Gasteiger charge is 2.56. The first kappa shape index (κ1) is 59.9. The molecule has 3 aliphatic rings. The lowest BCUT2D eigenvalue weighted by molar-refractivity contribution is -0.385. The average molecular weight is 1080 g/mol. The molecule has 1 saturated carbocycles. The normalized spacial score (nSPS) is 26.9. The zero-order chi connectivity index (χ0) is 56.4. The molecule has 0 bridgehead atoms. The van der Waals surface area contributed by atoms with Crippen LogP contribution in [0, 0.1) is 26.1 Å². The first-order valence-corrected chi connectivity index (χ1v) is 24.1. The maximum Gasteiger partial charge on any atom is 0.410 e. The lowest BCUT2D eigenvalue weighted by atomic mass is 9.72. The molecule has 5 rings (SSSR count). The van der Waals surface area contributed by atoms with Crippen LogP contribution in [0.3, 0.4) is 0 Å². The van der Waals surface area contributed by atoms with Gasteiger partial charge in [0.2, 0.25) is 0 Å². The van der Waals surface area contributed by atoms with Gasteiger partial charge in [-0.25, -0.2) is 19.2 Å².